The summed E-state index contributed by atoms with van der Waals surface area (Å²) >= 11 is 0. The fourth-order valence-corrected chi connectivity index (χ4v) is 1.73. The van der Waals surface area contributed by atoms with Crippen molar-refractivity contribution in [2.45, 2.75) is 6.92 Å². The van der Waals surface area contributed by atoms with E-state index in [-0.39, 0.29) is 5.75 Å². The van der Waals surface area contributed by atoms with Gasteiger partial charge in [0.1, 0.15) is 0 Å². The fraction of sp³-hybridized carbons (Fsp3) is 0.143. The average molecular weight is 214 g/mol. The van der Waals surface area contributed by atoms with Crippen LogP contribution in [0.1, 0.15) is 5.56 Å². The Morgan fingerprint density at radius 2 is 1.81 bits per heavy atom. The van der Waals surface area contributed by atoms with Gasteiger partial charge < -0.3 is 9.84 Å². The molecule has 16 heavy (non-hydrogen) atoms. The van der Waals surface area contributed by atoms with Crippen molar-refractivity contribution in [2.24, 2.45) is 0 Å². The molecule has 2 rings (SSSR count). The van der Waals surface area contributed by atoms with Crippen molar-refractivity contribution in [3.63, 3.8) is 0 Å². The van der Waals surface area contributed by atoms with E-state index in [1.807, 2.05) is 43.3 Å². The van der Waals surface area contributed by atoms with Crippen molar-refractivity contribution in [3.05, 3.63) is 48.0 Å². The average Bonchev–Trinajstić information content (AvgIpc) is 2.29. The molecular formula is C14H14O2. The highest BCUT2D eigenvalue weighted by Crippen LogP contribution is 2.36. The van der Waals surface area contributed by atoms with Crippen LogP contribution in [0.25, 0.3) is 11.1 Å². The topological polar surface area (TPSA) is 29.5 Å². The van der Waals surface area contributed by atoms with Gasteiger partial charge in [-0.05, 0) is 18.6 Å². The molecule has 0 bridgehead atoms. The van der Waals surface area contributed by atoms with E-state index >= 15 is 0 Å². The van der Waals surface area contributed by atoms with Crippen molar-refractivity contribution in [2.75, 3.05) is 7.11 Å². The number of rotatable bonds is 2. The molecule has 0 aliphatic heterocycles. The number of methoxy groups -OCH3 is 1. The molecule has 0 unspecified atom stereocenters. The van der Waals surface area contributed by atoms with Gasteiger partial charge in [-0.3, -0.25) is 0 Å². The first kappa shape index (κ1) is 10.6. The Kier molecular flexibility index (Phi) is 2.82. The van der Waals surface area contributed by atoms with Crippen molar-refractivity contribution >= 4 is 0 Å². The molecular weight excluding hydrogens is 200 g/mol. The summed E-state index contributed by atoms with van der Waals surface area (Å²) in [6.45, 7) is 2.03. The molecule has 0 amide bonds. The molecule has 0 heterocycles. The lowest BCUT2D eigenvalue weighted by atomic mass is 10.0. The monoisotopic (exact) mass is 214 g/mol. The van der Waals surface area contributed by atoms with E-state index in [0.29, 0.717) is 5.75 Å². The lowest BCUT2D eigenvalue weighted by Gasteiger charge is -2.09. The first-order chi connectivity index (χ1) is 7.72. The molecule has 0 radical (unpaired) electrons. The maximum Gasteiger partial charge on any atom is 0.165 e. The van der Waals surface area contributed by atoms with Gasteiger partial charge >= 0.3 is 0 Å². The van der Waals surface area contributed by atoms with E-state index in [1.54, 1.807) is 13.2 Å². The Morgan fingerprint density at radius 3 is 2.50 bits per heavy atom. The SMILES string of the molecule is COc1cccc(-c2cccc(C)c2)c1O. The van der Waals surface area contributed by atoms with Crippen LogP contribution in [-0.4, -0.2) is 12.2 Å². The summed E-state index contributed by atoms with van der Waals surface area (Å²) in [5, 5.41) is 10.0. The maximum atomic E-state index is 10.0. The quantitative estimate of drug-likeness (QED) is 0.830. The number of phenols is 1. The van der Waals surface area contributed by atoms with Gasteiger partial charge in [0.25, 0.3) is 0 Å². The largest absolute Gasteiger partial charge is 0.504 e. The van der Waals surface area contributed by atoms with E-state index in [9.17, 15) is 5.11 Å². The molecule has 2 heteroatoms. The Bertz CT molecular complexity index is 504. The molecule has 0 aliphatic carbocycles. The fourth-order valence-electron chi connectivity index (χ4n) is 1.73. The number of para-hydroxylation sites is 1. The van der Waals surface area contributed by atoms with E-state index in [0.717, 1.165) is 11.1 Å². The highest BCUT2D eigenvalue weighted by Gasteiger charge is 2.08. The molecule has 0 saturated heterocycles. The number of hydrogen-bond donors (Lipinski definition) is 1. The van der Waals surface area contributed by atoms with Crippen LogP contribution in [0.2, 0.25) is 0 Å². The summed E-state index contributed by atoms with van der Waals surface area (Å²) in [7, 11) is 1.55. The predicted molar refractivity (Wildman–Crippen MR) is 64.8 cm³/mol. The summed E-state index contributed by atoms with van der Waals surface area (Å²) in [5.41, 5.74) is 2.96. The van der Waals surface area contributed by atoms with Gasteiger partial charge in [0, 0.05) is 5.56 Å². The van der Waals surface area contributed by atoms with Crippen molar-refractivity contribution < 1.29 is 9.84 Å². The van der Waals surface area contributed by atoms with E-state index in [4.69, 9.17) is 4.74 Å². The number of benzene rings is 2. The van der Waals surface area contributed by atoms with Crippen LogP contribution in [-0.2, 0) is 0 Å². The third kappa shape index (κ3) is 1.87. The van der Waals surface area contributed by atoms with Crippen LogP contribution >= 0.6 is 0 Å². The molecule has 0 aromatic heterocycles. The zero-order valence-corrected chi connectivity index (χ0v) is 9.40. The van der Waals surface area contributed by atoms with E-state index < -0.39 is 0 Å². The standard InChI is InChI=1S/C14H14O2/c1-10-5-3-6-11(9-10)12-7-4-8-13(16-2)14(12)15/h3-9,15H,1-2H3. The van der Waals surface area contributed by atoms with Crippen molar-refractivity contribution in [1.29, 1.82) is 0 Å². The molecule has 2 aromatic rings. The second kappa shape index (κ2) is 4.27. The number of hydrogen-bond acceptors (Lipinski definition) is 2. The Balaban J connectivity index is 2.56. The van der Waals surface area contributed by atoms with Gasteiger partial charge in [-0.2, -0.15) is 0 Å². The van der Waals surface area contributed by atoms with E-state index in [2.05, 4.69) is 0 Å². The number of phenolic OH excluding ortho intramolecular Hbond substituents is 1. The molecule has 0 saturated carbocycles. The van der Waals surface area contributed by atoms with Crippen molar-refractivity contribution in [1.82, 2.24) is 0 Å². The first-order valence-corrected chi connectivity index (χ1v) is 5.15. The summed E-state index contributed by atoms with van der Waals surface area (Å²) in [4.78, 5) is 0. The van der Waals surface area contributed by atoms with Gasteiger partial charge in [0.15, 0.2) is 11.5 Å². The minimum atomic E-state index is 0.190. The molecule has 1 N–H and O–H groups in total. The van der Waals surface area contributed by atoms with Crippen molar-refractivity contribution in [3.8, 4) is 22.6 Å². The Hall–Kier alpha value is -1.96. The molecule has 0 atom stereocenters. The number of ether oxygens (including phenoxy) is 1. The van der Waals surface area contributed by atoms with Gasteiger partial charge in [0.05, 0.1) is 7.11 Å². The molecule has 2 nitrogen and oxygen atoms in total. The minimum absolute atomic E-state index is 0.190. The smallest absolute Gasteiger partial charge is 0.165 e. The Labute approximate surface area is 95.1 Å². The zero-order valence-electron chi connectivity index (χ0n) is 9.40. The number of aryl methyl sites for hydroxylation is 1. The molecule has 0 fully saturated rings. The van der Waals surface area contributed by atoms with Crippen LogP contribution in [0.4, 0.5) is 0 Å². The lowest BCUT2D eigenvalue weighted by Crippen LogP contribution is -1.86. The highest BCUT2D eigenvalue weighted by molar-refractivity contribution is 5.73. The molecule has 82 valence electrons. The van der Waals surface area contributed by atoms with Crippen LogP contribution in [0.5, 0.6) is 11.5 Å². The molecule has 0 aliphatic rings. The summed E-state index contributed by atoms with van der Waals surface area (Å²) in [6.07, 6.45) is 0. The second-order valence-corrected chi connectivity index (χ2v) is 3.73. The zero-order chi connectivity index (χ0) is 11.5. The van der Waals surface area contributed by atoms with Gasteiger partial charge in [-0.15, -0.1) is 0 Å². The van der Waals surface area contributed by atoms with E-state index in [1.165, 1.54) is 5.56 Å². The Morgan fingerprint density at radius 1 is 1.06 bits per heavy atom. The normalized spacial score (nSPS) is 10.1. The van der Waals surface area contributed by atoms with Crippen LogP contribution in [0.15, 0.2) is 42.5 Å². The first-order valence-electron chi connectivity index (χ1n) is 5.15. The lowest BCUT2D eigenvalue weighted by molar-refractivity contribution is 0.374. The second-order valence-electron chi connectivity index (χ2n) is 3.73. The van der Waals surface area contributed by atoms with Crippen LogP contribution in [0, 0.1) is 6.92 Å². The van der Waals surface area contributed by atoms with Crippen LogP contribution in [0.3, 0.4) is 0 Å². The summed E-state index contributed by atoms with van der Waals surface area (Å²) in [5.74, 6) is 0.689. The molecule has 2 aromatic carbocycles. The summed E-state index contributed by atoms with van der Waals surface area (Å²) in [6, 6.07) is 13.5. The predicted octanol–water partition coefficient (Wildman–Crippen LogP) is 3.38. The third-order valence-corrected chi connectivity index (χ3v) is 2.55. The summed E-state index contributed by atoms with van der Waals surface area (Å²) < 4.78 is 5.09. The highest BCUT2D eigenvalue weighted by atomic mass is 16.5. The number of aromatic hydroxyl groups is 1. The minimum Gasteiger partial charge on any atom is -0.504 e. The maximum absolute atomic E-state index is 10.0. The third-order valence-electron chi connectivity index (χ3n) is 2.55. The molecule has 0 spiro atoms. The van der Waals surface area contributed by atoms with Gasteiger partial charge in [0.2, 0.25) is 0 Å². The van der Waals surface area contributed by atoms with Gasteiger partial charge in [-0.25, -0.2) is 0 Å². The van der Waals surface area contributed by atoms with Gasteiger partial charge in [-0.1, -0.05) is 42.0 Å². The van der Waals surface area contributed by atoms with Crippen LogP contribution < -0.4 is 4.74 Å².